The first-order valence-electron chi connectivity index (χ1n) is 5.49. The molecule has 4 nitrogen and oxygen atoms in total. The molecule has 0 aliphatic heterocycles. The Balaban J connectivity index is 4.48. The highest BCUT2D eigenvalue weighted by Crippen LogP contribution is 2.19. The Morgan fingerprint density at radius 2 is 1.93 bits per heavy atom. The number of carbonyl (C=O) groups excluding carboxylic acids is 1. The van der Waals surface area contributed by atoms with Crippen LogP contribution in [0.5, 0.6) is 0 Å². The van der Waals surface area contributed by atoms with Gasteiger partial charge in [-0.15, -0.1) is 0 Å². The molecular formula is C11H24N2O2. The summed E-state index contributed by atoms with van der Waals surface area (Å²) in [6.07, 6.45) is 0.878. The van der Waals surface area contributed by atoms with E-state index in [1.54, 1.807) is 4.90 Å². The van der Waals surface area contributed by atoms with Gasteiger partial charge in [-0.05, 0) is 11.8 Å². The van der Waals surface area contributed by atoms with Gasteiger partial charge in [0.05, 0.1) is 12.6 Å². The van der Waals surface area contributed by atoms with Crippen molar-refractivity contribution in [2.24, 2.45) is 11.1 Å². The van der Waals surface area contributed by atoms with Gasteiger partial charge >= 0.3 is 0 Å². The highest BCUT2D eigenvalue weighted by Gasteiger charge is 2.30. The number of rotatable bonds is 5. The number of carbonyl (C=O) groups is 1. The molecule has 0 saturated heterocycles. The van der Waals surface area contributed by atoms with Crippen molar-refractivity contribution in [2.75, 3.05) is 19.7 Å². The second-order valence-corrected chi connectivity index (χ2v) is 4.89. The van der Waals surface area contributed by atoms with E-state index in [4.69, 9.17) is 10.8 Å². The van der Waals surface area contributed by atoms with E-state index >= 15 is 0 Å². The van der Waals surface area contributed by atoms with Crippen molar-refractivity contribution in [1.29, 1.82) is 0 Å². The van der Waals surface area contributed by atoms with Crippen molar-refractivity contribution in [3.63, 3.8) is 0 Å². The predicted molar refractivity (Wildman–Crippen MR) is 61.4 cm³/mol. The molecule has 0 rings (SSSR count). The number of nitrogens with two attached hydrogens (primary N) is 1. The van der Waals surface area contributed by atoms with E-state index in [1.165, 1.54) is 0 Å². The number of hydrogen-bond donors (Lipinski definition) is 2. The molecule has 1 amide bonds. The van der Waals surface area contributed by atoms with Gasteiger partial charge < -0.3 is 15.7 Å². The van der Waals surface area contributed by atoms with Crippen molar-refractivity contribution >= 4 is 5.91 Å². The molecule has 15 heavy (non-hydrogen) atoms. The lowest BCUT2D eigenvalue weighted by atomic mass is 9.86. The van der Waals surface area contributed by atoms with E-state index in [0.29, 0.717) is 13.1 Å². The fraction of sp³-hybridized carbons (Fsp3) is 0.909. The van der Waals surface area contributed by atoms with Gasteiger partial charge in [0.25, 0.3) is 0 Å². The molecule has 0 saturated carbocycles. The third kappa shape index (κ3) is 4.62. The van der Waals surface area contributed by atoms with Crippen LogP contribution in [-0.2, 0) is 4.79 Å². The maximum Gasteiger partial charge on any atom is 0.240 e. The fourth-order valence-electron chi connectivity index (χ4n) is 1.29. The molecule has 0 spiro atoms. The zero-order chi connectivity index (χ0) is 12.1. The van der Waals surface area contributed by atoms with E-state index in [-0.39, 0.29) is 17.9 Å². The molecule has 0 heterocycles. The summed E-state index contributed by atoms with van der Waals surface area (Å²) in [5.41, 5.74) is 5.65. The number of aliphatic hydroxyl groups excluding tert-OH is 1. The SMILES string of the molecule is CCCN(CCO)C(=O)[C@H](N)C(C)(C)C. The Morgan fingerprint density at radius 3 is 2.27 bits per heavy atom. The topological polar surface area (TPSA) is 66.6 Å². The minimum atomic E-state index is -0.504. The smallest absolute Gasteiger partial charge is 0.240 e. The first kappa shape index (κ1) is 14.4. The normalized spacial score (nSPS) is 13.7. The molecule has 0 bridgehead atoms. The van der Waals surface area contributed by atoms with Crippen molar-refractivity contribution in [2.45, 2.75) is 40.2 Å². The molecule has 0 aliphatic rings. The molecule has 4 heteroatoms. The van der Waals surface area contributed by atoms with Crippen molar-refractivity contribution in [3.8, 4) is 0 Å². The molecular weight excluding hydrogens is 192 g/mol. The summed E-state index contributed by atoms with van der Waals surface area (Å²) in [5, 5.41) is 8.86. The van der Waals surface area contributed by atoms with Crippen molar-refractivity contribution < 1.29 is 9.90 Å². The first-order valence-corrected chi connectivity index (χ1v) is 5.49. The van der Waals surface area contributed by atoms with Crippen molar-refractivity contribution in [1.82, 2.24) is 4.90 Å². The van der Waals surface area contributed by atoms with Crippen LogP contribution in [0.4, 0.5) is 0 Å². The molecule has 0 aliphatic carbocycles. The van der Waals surface area contributed by atoms with E-state index in [0.717, 1.165) is 6.42 Å². The van der Waals surface area contributed by atoms with E-state index in [1.807, 2.05) is 27.7 Å². The Kier molecular flexibility index (Phi) is 5.83. The van der Waals surface area contributed by atoms with Crippen LogP contribution < -0.4 is 5.73 Å². The number of nitrogens with zero attached hydrogens (tertiary/aromatic N) is 1. The van der Waals surface area contributed by atoms with Crippen LogP contribution in [0.25, 0.3) is 0 Å². The van der Waals surface area contributed by atoms with Crippen LogP contribution in [0.3, 0.4) is 0 Å². The Morgan fingerprint density at radius 1 is 1.40 bits per heavy atom. The molecule has 0 aromatic carbocycles. The van der Waals surface area contributed by atoms with Gasteiger partial charge in [0.2, 0.25) is 5.91 Å². The Hall–Kier alpha value is -0.610. The highest BCUT2D eigenvalue weighted by molar-refractivity contribution is 5.82. The minimum absolute atomic E-state index is 0.0113. The molecule has 0 aromatic heterocycles. The van der Waals surface area contributed by atoms with E-state index in [2.05, 4.69) is 0 Å². The molecule has 0 aromatic rings. The summed E-state index contributed by atoms with van der Waals surface area (Å²) in [5.74, 6) is -0.0709. The molecule has 90 valence electrons. The standard InChI is InChI=1S/C11H24N2O2/c1-5-6-13(7-8-14)10(15)9(12)11(2,3)4/h9,14H,5-8,12H2,1-4H3/t9-/m0/s1. The Bertz CT molecular complexity index is 193. The zero-order valence-electron chi connectivity index (χ0n) is 10.3. The second-order valence-electron chi connectivity index (χ2n) is 4.89. The van der Waals surface area contributed by atoms with E-state index in [9.17, 15) is 4.79 Å². The summed E-state index contributed by atoms with van der Waals surface area (Å²) < 4.78 is 0. The largest absolute Gasteiger partial charge is 0.395 e. The monoisotopic (exact) mass is 216 g/mol. The van der Waals surface area contributed by atoms with Gasteiger partial charge in [0.1, 0.15) is 0 Å². The highest BCUT2D eigenvalue weighted by atomic mass is 16.3. The summed E-state index contributed by atoms with van der Waals surface area (Å²) in [6.45, 7) is 8.85. The van der Waals surface area contributed by atoms with Gasteiger partial charge in [0.15, 0.2) is 0 Å². The van der Waals surface area contributed by atoms with Crippen molar-refractivity contribution in [3.05, 3.63) is 0 Å². The molecule has 0 radical (unpaired) electrons. The van der Waals surface area contributed by atoms with Crippen LogP contribution in [0.1, 0.15) is 34.1 Å². The van der Waals surface area contributed by atoms with Gasteiger partial charge in [-0.1, -0.05) is 27.7 Å². The second kappa shape index (κ2) is 6.08. The fourth-order valence-corrected chi connectivity index (χ4v) is 1.29. The van der Waals surface area contributed by atoms with Crippen LogP contribution in [0, 0.1) is 5.41 Å². The number of hydrogen-bond acceptors (Lipinski definition) is 3. The minimum Gasteiger partial charge on any atom is -0.395 e. The summed E-state index contributed by atoms with van der Waals surface area (Å²) in [6, 6.07) is -0.504. The Labute approximate surface area is 92.4 Å². The molecule has 3 N–H and O–H groups in total. The summed E-state index contributed by atoms with van der Waals surface area (Å²) in [7, 11) is 0. The van der Waals surface area contributed by atoms with Crippen LogP contribution >= 0.6 is 0 Å². The lowest BCUT2D eigenvalue weighted by Gasteiger charge is -2.31. The maximum absolute atomic E-state index is 12.0. The predicted octanol–water partition coefficient (Wildman–Crippen LogP) is 0.591. The lowest BCUT2D eigenvalue weighted by molar-refractivity contribution is -0.135. The first-order chi connectivity index (χ1) is 6.84. The van der Waals surface area contributed by atoms with Crippen LogP contribution in [0.2, 0.25) is 0 Å². The number of aliphatic hydroxyl groups is 1. The van der Waals surface area contributed by atoms with Gasteiger partial charge in [0, 0.05) is 13.1 Å². The molecule has 0 unspecified atom stereocenters. The lowest BCUT2D eigenvalue weighted by Crippen LogP contribution is -2.51. The average molecular weight is 216 g/mol. The molecule has 1 atom stereocenters. The third-order valence-electron chi connectivity index (χ3n) is 2.37. The maximum atomic E-state index is 12.0. The molecule has 0 fully saturated rings. The third-order valence-corrected chi connectivity index (χ3v) is 2.37. The average Bonchev–Trinajstić information content (AvgIpc) is 2.14. The van der Waals surface area contributed by atoms with E-state index < -0.39 is 6.04 Å². The number of amides is 1. The summed E-state index contributed by atoms with van der Waals surface area (Å²) in [4.78, 5) is 13.6. The van der Waals surface area contributed by atoms with Gasteiger partial charge in [-0.2, -0.15) is 0 Å². The van der Waals surface area contributed by atoms with Crippen LogP contribution in [0.15, 0.2) is 0 Å². The van der Waals surface area contributed by atoms with Gasteiger partial charge in [-0.3, -0.25) is 4.79 Å². The summed E-state index contributed by atoms with van der Waals surface area (Å²) >= 11 is 0. The zero-order valence-corrected chi connectivity index (χ0v) is 10.3. The van der Waals surface area contributed by atoms with Crippen LogP contribution in [-0.4, -0.2) is 41.7 Å². The van der Waals surface area contributed by atoms with Gasteiger partial charge in [-0.25, -0.2) is 0 Å². The quantitative estimate of drug-likeness (QED) is 0.707.